The van der Waals surface area contributed by atoms with E-state index in [-0.39, 0.29) is 17.0 Å². The van der Waals surface area contributed by atoms with Gasteiger partial charge in [0.25, 0.3) is 0 Å². The lowest BCUT2D eigenvalue weighted by molar-refractivity contribution is 0.332. The average Bonchev–Trinajstić information content (AvgIpc) is 3.65. The van der Waals surface area contributed by atoms with Gasteiger partial charge in [0.05, 0.1) is 16.7 Å². The highest BCUT2D eigenvalue weighted by molar-refractivity contribution is 6.32. The normalized spacial score (nSPS) is 17.1. The molecule has 1 aromatic heterocycles. The van der Waals surface area contributed by atoms with Gasteiger partial charge in [-0.1, -0.05) is 167 Å². The number of allylic oxidation sites excluding steroid dienone is 1. The summed E-state index contributed by atoms with van der Waals surface area (Å²) in [6, 6.07) is 62.8. The van der Waals surface area contributed by atoms with E-state index in [1.807, 2.05) is 0 Å². The molecule has 9 aromatic carbocycles. The molecule has 0 saturated carbocycles. The third-order valence-electron chi connectivity index (χ3n) is 14.0. The minimum Gasteiger partial charge on any atom is -0.360 e. The molecule has 12 rings (SSSR count). The Kier molecular flexibility index (Phi) is 7.81. The Hall–Kier alpha value is -6.97. The van der Waals surface area contributed by atoms with Gasteiger partial charge >= 0.3 is 0 Å². The number of aliphatic imine (C=N–C) groups is 1. The summed E-state index contributed by atoms with van der Waals surface area (Å²) < 4.78 is 2.55. The molecule has 1 N–H and O–H groups in total. The van der Waals surface area contributed by atoms with Gasteiger partial charge in [0.15, 0.2) is 0 Å². The van der Waals surface area contributed by atoms with E-state index in [0.29, 0.717) is 0 Å². The Morgan fingerprint density at radius 2 is 1.10 bits per heavy atom. The van der Waals surface area contributed by atoms with E-state index >= 15 is 0 Å². The fourth-order valence-corrected chi connectivity index (χ4v) is 10.6. The minimum atomic E-state index is -0.273. The van der Waals surface area contributed by atoms with E-state index in [9.17, 15) is 0 Å². The Bertz CT molecular complexity index is 3490. The van der Waals surface area contributed by atoms with Crippen molar-refractivity contribution in [1.82, 2.24) is 9.88 Å². The molecule has 0 bridgehead atoms. The Labute approximate surface area is 356 Å². The second kappa shape index (κ2) is 13.3. The Morgan fingerprint density at radius 3 is 1.84 bits per heavy atom. The van der Waals surface area contributed by atoms with Crippen LogP contribution in [0.4, 0.5) is 0 Å². The number of aromatic nitrogens is 1. The highest BCUT2D eigenvalue weighted by Gasteiger charge is 2.38. The largest absolute Gasteiger partial charge is 0.360 e. The molecule has 1 aliphatic carbocycles. The molecule has 1 aliphatic heterocycles. The summed E-state index contributed by atoms with van der Waals surface area (Å²) in [4.78, 5) is 5.45. The fourth-order valence-electron chi connectivity index (χ4n) is 10.6. The number of nitrogens with one attached hydrogen (secondary N) is 1. The molecule has 2 aliphatic rings. The predicted octanol–water partition coefficient (Wildman–Crippen LogP) is 14.9. The van der Waals surface area contributed by atoms with Crippen molar-refractivity contribution >= 4 is 76.3 Å². The van der Waals surface area contributed by atoms with Crippen molar-refractivity contribution in [3.63, 3.8) is 0 Å². The lowest BCUT2D eigenvalue weighted by Crippen LogP contribution is -2.33. The number of nitrogens with zero attached hydrogens (tertiary/aromatic N) is 2. The van der Waals surface area contributed by atoms with Crippen LogP contribution in [0.25, 0.3) is 76.3 Å². The van der Waals surface area contributed by atoms with Crippen molar-refractivity contribution in [2.75, 3.05) is 0 Å². The van der Waals surface area contributed by atoms with Crippen LogP contribution >= 0.6 is 0 Å². The first-order valence-corrected chi connectivity index (χ1v) is 21.8. The standard InChI is InChI=1S/C58H47N3/c1-57(2)30-31-58(3,4)50-34-53-48(33-49(50)57)54-45-20-12-10-18-43(45)44-19-11-13-21-46(44)55(54)61(53)41-28-26-39(27-29-41)56-59-51(38-15-6-5-7-16-38)35-52(60-56)40-25-24-37-23-22-36-14-8-9-17-42(36)47(37)32-40/h5-29,32-35,56,59H,30-31H2,1-4H3. The number of benzene rings is 9. The molecule has 0 radical (unpaired) electrons. The minimum absolute atomic E-state index is 0.0821. The average molecular weight is 786 g/mol. The molecule has 294 valence electrons. The summed E-state index contributed by atoms with van der Waals surface area (Å²) >= 11 is 0. The van der Waals surface area contributed by atoms with Gasteiger partial charge in [0.1, 0.15) is 6.17 Å². The first-order valence-electron chi connectivity index (χ1n) is 21.8. The van der Waals surface area contributed by atoms with Gasteiger partial charge in [-0.2, -0.15) is 0 Å². The smallest absolute Gasteiger partial charge is 0.145 e. The second-order valence-electron chi connectivity index (χ2n) is 18.6. The monoisotopic (exact) mass is 785 g/mol. The van der Waals surface area contributed by atoms with E-state index < -0.39 is 0 Å². The lowest BCUT2D eigenvalue weighted by Gasteiger charge is -2.42. The van der Waals surface area contributed by atoms with Crippen LogP contribution in [-0.4, -0.2) is 10.3 Å². The third kappa shape index (κ3) is 5.60. The van der Waals surface area contributed by atoms with Gasteiger partial charge in [-0.15, -0.1) is 0 Å². The Morgan fingerprint density at radius 1 is 0.508 bits per heavy atom. The number of hydrogen-bond acceptors (Lipinski definition) is 2. The van der Waals surface area contributed by atoms with Crippen LogP contribution in [0.15, 0.2) is 181 Å². The first kappa shape index (κ1) is 35.9. The van der Waals surface area contributed by atoms with Crippen molar-refractivity contribution in [1.29, 1.82) is 0 Å². The van der Waals surface area contributed by atoms with Gasteiger partial charge in [0, 0.05) is 33.1 Å². The summed E-state index contributed by atoms with van der Waals surface area (Å²) in [6.07, 6.45) is 4.29. The van der Waals surface area contributed by atoms with Gasteiger partial charge in [0.2, 0.25) is 0 Å². The Balaban J connectivity index is 1.05. The van der Waals surface area contributed by atoms with Crippen molar-refractivity contribution in [2.45, 2.75) is 57.5 Å². The van der Waals surface area contributed by atoms with Crippen LogP contribution in [0.3, 0.4) is 0 Å². The quantitative estimate of drug-likeness (QED) is 0.177. The fraction of sp³-hybridized carbons (Fsp3) is 0.155. The molecule has 2 heterocycles. The molecular weight excluding hydrogens is 739 g/mol. The first-order chi connectivity index (χ1) is 29.7. The molecule has 0 fully saturated rings. The molecule has 3 heteroatoms. The zero-order chi connectivity index (χ0) is 41.0. The van der Waals surface area contributed by atoms with Crippen LogP contribution in [0.5, 0.6) is 0 Å². The topological polar surface area (TPSA) is 29.3 Å². The van der Waals surface area contributed by atoms with Gasteiger partial charge in [-0.25, -0.2) is 0 Å². The number of fused-ring (bicyclic) bond motifs is 12. The van der Waals surface area contributed by atoms with Gasteiger partial charge in [-0.3, -0.25) is 4.99 Å². The lowest BCUT2D eigenvalue weighted by atomic mass is 9.63. The molecular formula is C58H47N3. The van der Waals surface area contributed by atoms with E-state index in [0.717, 1.165) is 33.8 Å². The second-order valence-corrected chi connectivity index (χ2v) is 18.6. The van der Waals surface area contributed by atoms with Crippen LogP contribution in [0.2, 0.25) is 0 Å². The van der Waals surface area contributed by atoms with E-state index in [1.54, 1.807) is 0 Å². The maximum Gasteiger partial charge on any atom is 0.145 e. The summed E-state index contributed by atoms with van der Waals surface area (Å²) in [5, 5.41) is 16.6. The summed E-state index contributed by atoms with van der Waals surface area (Å²) in [5.41, 5.74) is 12.2. The van der Waals surface area contributed by atoms with Crippen LogP contribution < -0.4 is 5.32 Å². The highest BCUT2D eigenvalue weighted by atomic mass is 15.1. The van der Waals surface area contributed by atoms with Gasteiger partial charge < -0.3 is 9.88 Å². The van der Waals surface area contributed by atoms with Crippen LogP contribution in [0.1, 0.15) is 74.5 Å². The molecule has 61 heavy (non-hydrogen) atoms. The third-order valence-corrected chi connectivity index (χ3v) is 14.0. The van der Waals surface area contributed by atoms with Crippen LogP contribution in [0, 0.1) is 0 Å². The zero-order valence-electron chi connectivity index (χ0n) is 35.1. The maximum absolute atomic E-state index is 5.45. The van der Waals surface area contributed by atoms with E-state index in [4.69, 9.17) is 4.99 Å². The zero-order valence-corrected chi connectivity index (χ0v) is 35.1. The summed E-state index contributed by atoms with van der Waals surface area (Å²) in [7, 11) is 0. The molecule has 1 atom stereocenters. The maximum atomic E-state index is 5.45. The molecule has 0 saturated heterocycles. The predicted molar refractivity (Wildman–Crippen MR) is 259 cm³/mol. The summed E-state index contributed by atoms with van der Waals surface area (Å²) in [5.74, 6) is 0. The highest BCUT2D eigenvalue weighted by Crippen LogP contribution is 2.50. The number of hydrogen-bond donors (Lipinski definition) is 1. The summed E-state index contributed by atoms with van der Waals surface area (Å²) in [6.45, 7) is 9.74. The van der Waals surface area contributed by atoms with Gasteiger partial charge in [-0.05, 0) is 120 Å². The molecule has 3 nitrogen and oxygen atoms in total. The van der Waals surface area contributed by atoms with Crippen molar-refractivity contribution in [2.24, 2.45) is 4.99 Å². The van der Waals surface area contributed by atoms with Crippen molar-refractivity contribution < 1.29 is 0 Å². The molecule has 0 spiro atoms. The van der Waals surface area contributed by atoms with Crippen molar-refractivity contribution in [3.05, 3.63) is 204 Å². The van der Waals surface area contributed by atoms with Crippen LogP contribution in [-0.2, 0) is 10.8 Å². The molecule has 1 unspecified atom stereocenters. The SMILES string of the molecule is CC1(C)CCC(C)(C)c2cc3c(cc21)c1c2ccccc2c2ccccc2c1n3-c1ccc(C2N=C(c3ccc4ccc5ccccc5c4c3)C=C(c3ccccc3)N2)cc1. The van der Waals surface area contributed by atoms with E-state index in [1.165, 1.54) is 88.9 Å². The van der Waals surface area contributed by atoms with Crippen molar-refractivity contribution in [3.8, 4) is 5.69 Å². The number of rotatable bonds is 4. The van der Waals surface area contributed by atoms with E-state index in [2.05, 4.69) is 214 Å². The molecule has 10 aromatic rings. The molecule has 0 amide bonds.